The number of benzene rings is 2. The monoisotopic (exact) mass is 280 g/mol. The van der Waals surface area contributed by atoms with Crippen molar-refractivity contribution in [3.63, 3.8) is 0 Å². The fourth-order valence-corrected chi connectivity index (χ4v) is 2.09. The summed E-state index contributed by atoms with van der Waals surface area (Å²) >= 11 is 0. The van der Waals surface area contributed by atoms with E-state index in [0.717, 1.165) is 16.7 Å². The topological polar surface area (TPSA) is 76.1 Å². The molecule has 0 aromatic heterocycles. The molecule has 0 amide bonds. The van der Waals surface area contributed by atoms with Gasteiger partial charge in [-0.25, -0.2) is 4.79 Å². The number of esters is 1. The van der Waals surface area contributed by atoms with E-state index in [9.17, 15) is 10.1 Å². The number of carbonyl (C=O) groups is 1. The summed E-state index contributed by atoms with van der Waals surface area (Å²) < 4.78 is 4.99. The van der Waals surface area contributed by atoms with Crippen LogP contribution >= 0.6 is 0 Å². The fourth-order valence-electron chi connectivity index (χ4n) is 2.09. The summed E-state index contributed by atoms with van der Waals surface area (Å²) in [5.41, 5.74) is 9.09. The van der Waals surface area contributed by atoms with Crippen LogP contribution in [0, 0.1) is 11.3 Å². The molecule has 4 heteroatoms. The predicted octanol–water partition coefficient (Wildman–Crippen LogP) is 2.86. The molecule has 0 heterocycles. The largest absolute Gasteiger partial charge is 0.462 e. The SMILES string of the molecule is CCOC(=O)c1cccc(-c2ccc(CN)cc2C#N)c1. The highest BCUT2D eigenvalue weighted by Gasteiger charge is 2.10. The summed E-state index contributed by atoms with van der Waals surface area (Å²) in [5, 5.41) is 9.28. The van der Waals surface area contributed by atoms with Crippen LogP contribution in [-0.2, 0) is 11.3 Å². The van der Waals surface area contributed by atoms with Gasteiger partial charge in [-0.2, -0.15) is 5.26 Å². The molecule has 21 heavy (non-hydrogen) atoms. The molecule has 0 spiro atoms. The Hall–Kier alpha value is -2.64. The first-order valence-electron chi connectivity index (χ1n) is 6.70. The summed E-state index contributed by atoms with van der Waals surface area (Å²) in [5.74, 6) is -0.364. The van der Waals surface area contributed by atoms with E-state index in [2.05, 4.69) is 6.07 Å². The Bertz CT molecular complexity index is 702. The van der Waals surface area contributed by atoms with Crippen LogP contribution in [0.3, 0.4) is 0 Å². The summed E-state index contributed by atoms with van der Waals surface area (Å²) in [4.78, 5) is 11.8. The number of nitrogens with zero attached hydrogens (tertiary/aromatic N) is 1. The number of nitriles is 1. The predicted molar refractivity (Wildman–Crippen MR) is 80.4 cm³/mol. The number of hydrogen-bond donors (Lipinski definition) is 1. The second-order valence-electron chi connectivity index (χ2n) is 4.50. The molecular formula is C17H16N2O2. The first kappa shape index (κ1) is 14.8. The van der Waals surface area contributed by atoms with Gasteiger partial charge in [0.05, 0.1) is 23.8 Å². The lowest BCUT2D eigenvalue weighted by Crippen LogP contribution is -2.04. The molecule has 106 valence electrons. The minimum Gasteiger partial charge on any atom is -0.462 e. The summed E-state index contributed by atoms with van der Waals surface area (Å²) in [6.45, 7) is 2.48. The lowest BCUT2D eigenvalue weighted by Gasteiger charge is -2.08. The first-order valence-corrected chi connectivity index (χ1v) is 6.70. The van der Waals surface area contributed by atoms with E-state index in [-0.39, 0.29) is 5.97 Å². The van der Waals surface area contributed by atoms with Crippen LogP contribution in [0.4, 0.5) is 0 Å². The average molecular weight is 280 g/mol. The van der Waals surface area contributed by atoms with Crippen molar-refractivity contribution >= 4 is 5.97 Å². The Labute approximate surface area is 123 Å². The molecule has 2 aromatic rings. The molecule has 0 fully saturated rings. The highest BCUT2D eigenvalue weighted by atomic mass is 16.5. The molecule has 2 N–H and O–H groups in total. The number of carbonyl (C=O) groups excluding carboxylic acids is 1. The third-order valence-corrected chi connectivity index (χ3v) is 3.12. The van der Waals surface area contributed by atoms with Crippen LogP contribution in [0.1, 0.15) is 28.4 Å². The number of rotatable bonds is 4. The Kier molecular flexibility index (Phi) is 4.70. The van der Waals surface area contributed by atoms with Gasteiger partial charge in [-0.1, -0.05) is 24.3 Å². The maximum Gasteiger partial charge on any atom is 0.338 e. The minimum atomic E-state index is -0.364. The van der Waals surface area contributed by atoms with Crippen LogP contribution in [-0.4, -0.2) is 12.6 Å². The smallest absolute Gasteiger partial charge is 0.338 e. The molecular weight excluding hydrogens is 264 g/mol. The van der Waals surface area contributed by atoms with Gasteiger partial charge in [0.2, 0.25) is 0 Å². The van der Waals surface area contributed by atoms with Crippen molar-refractivity contribution in [2.45, 2.75) is 13.5 Å². The third kappa shape index (κ3) is 3.28. The van der Waals surface area contributed by atoms with Gasteiger partial charge >= 0.3 is 5.97 Å². The van der Waals surface area contributed by atoms with Gasteiger partial charge in [-0.15, -0.1) is 0 Å². The molecule has 2 rings (SSSR count). The zero-order valence-corrected chi connectivity index (χ0v) is 11.8. The highest BCUT2D eigenvalue weighted by Crippen LogP contribution is 2.25. The van der Waals surface area contributed by atoms with E-state index >= 15 is 0 Å². The van der Waals surface area contributed by atoms with Crippen molar-refractivity contribution in [1.29, 1.82) is 5.26 Å². The lowest BCUT2D eigenvalue weighted by atomic mass is 9.97. The van der Waals surface area contributed by atoms with Crippen LogP contribution in [0.5, 0.6) is 0 Å². The normalized spacial score (nSPS) is 9.95. The Balaban J connectivity index is 2.45. The Morgan fingerprint density at radius 1 is 1.29 bits per heavy atom. The quantitative estimate of drug-likeness (QED) is 0.874. The van der Waals surface area contributed by atoms with E-state index in [4.69, 9.17) is 10.5 Å². The summed E-state index contributed by atoms with van der Waals surface area (Å²) in [6, 6.07) is 14.7. The number of hydrogen-bond acceptors (Lipinski definition) is 4. The van der Waals surface area contributed by atoms with Gasteiger partial charge < -0.3 is 10.5 Å². The standard InChI is InChI=1S/C17H16N2O2/c1-2-21-17(20)14-5-3-4-13(9-14)16-7-6-12(10-18)8-15(16)11-19/h3-9H,2,10,18H2,1H3. The number of ether oxygens (including phenoxy) is 1. The average Bonchev–Trinajstić information content (AvgIpc) is 2.54. The molecule has 0 unspecified atom stereocenters. The molecule has 0 atom stereocenters. The van der Waals surface area contributed by atoms with Crippen molar-refractivity contribution in [3.8, 4) is 17.2 Å². The van der Waals surface area contributed by atoms with Crippen molar-refractivity contribution in [3.05, 3.63) is 59.2 Å². The molecule has 4 nitrogen and oxygen atoms in total. The van der Waals surface area contributed by atoms with Crippen molar-refractivity contribution in [2.24, 2.45) is 5.73 Å². The summed E-state index contributed by atoms with van der Waals surface area (Å²) in [6.07, 6.45) is 0. The summed E-state index contributed by atoms with van der Waals surface area (Å²) in [7, 11) is 0. The minimum absolute atomic E-state index is 0.331. The van der Waals surface area contributed by atoms with Crippen molar-refractivity contribution in [1.82, 2.24) is 0 Å². The van der Waals surface area contributed by atoms with Gasteiger partial charge in [0, 0.05) is 6.54 Å². The zero-order valence-electron chi connectivity index (χ0n) is 11.8. The zero-order chi connectivity index (χ0) is 15.2. The molecule has 0 radical (unpaired) electrons. The van der Waals surface area contributed by atoms with Crippen LogP contribution in [0.2, 0.25) is 0 Å². The van der Waals surface area contributed by atoms with E-state index in [1.807, 2.05) is 18.2 Å². The van der Waals surface area contributed by atoms with Crippen molar-refractivity contribution in [2.75, 3.05) is 6.61 Å². The van der Waals surface area contributed by atoms with Gasteiger partial charge in [-0.3, -0.25) is 0 Å². The maximum atomic E-state index is 11.8. The van der Waals surface area contributed by atoms with Crippen LogP contribution < -0.4 is 5.73 Å². The van der Waals surface area contributed by atoms with E-state index < -0.39 is 0 Å². The molecule has 0 aliphatic carbocycles. The molecule has 0 saturated carbocycles. The van der Waals surface area contributed by atoms with Gasteiger partial charge in [0.1, 0.15) is 0 Å². The maximum absolute atomic E-state index is 11.8. The second kappa shape index (κ2) is 6.69. The van der Waals surface area contributed by atoms with Gasteiger partial charge in [-0.05, 0) is 41.8 Å². The Morgan fingerprint density at radius 3 is 2.76 bits per heavy atom. The lowest BCUT2D eigenvalue weighted by molar-refractivity contribution is 0.0526. The van der Waals surface area contributed by atoms with Gasteiger partial charge in [0.25, 0.3) is 0 Å². The van der Waals surface area contributed by atoms with Crippen LogP contribution in [0.25, 0.3) is 11.1 Å². The Morgan fingerprint density at radius 2 is 2.10 bits per heavy atom. The number of nitrogens with two attached hydrogens (primary N) is 1. The van der Waals surface area contributed by atoms with E-state index in [1.54, 1.807) is 31.2 Å². The van der Waals surface area contributed by atoms with Crippen LogP contribution in [0.15, 0.2) is 42.5 Å². The molecule has 2 aromatic carbocycles. The molecule has 0 saturated heterocycles. The fraction of sp³-hybridized carbons (Fsp3) is 0.176. The molecule has 0 bridgehead atoms. The van der Waals surface area contributed by atoms with E-state index in [1.165, 1.54) is 0 Å². The van der Waals surface area contributed by atoms with E-state index in [0.29, 0.717) is 24.3 Å². The molecule has 0 aliphatic heterocycles. The molecule has 0 aliphatic rings. The highest BCUT2D eigenvalue weighted by molar-refractivity contribution is 5.91. The third-order valence-electron chi connectivity index (χ3n) is 3.12. The van der Waals surface area contributed by atoms with Crippen molar-refractivity contribution < 1.29 is 9.53 Å². The second-order valence-corrected chi connectivity index (χ2v) is 4.50. The first-order chi connectivity index (χ1) is 10.2. The van der Waals surface area contributed by atoms with Gasteiger partial charge in [0.15, 0.2) is 0 Å².